The van der Waals surface area contributed by atoms with E-state index < -0.39 is 11.7 Å². The quantitative estimate of drug-likeness (QED) is 0.615. The van der Waals surface area contributed by atoms with E-state index in [2.05, 4.69) is 10.6 Å². The number of carbonyl (C=O) groups excluding carboxylic acids is 2. The number of benzene rings is 3. The third kappa shape index (κ3) is 5.17. The zero-order valence-electron chi connectivity index (χ0n) is 15.0. The van der Waals surface area contributed by atoms with Crippen LogP contribution in [0.4, 0.5) is 4.39 Å². The lowest BCUT2D eigenvalue weighted by molar-refractivity contribution is 0.0925. The molecule has 0 heterocycles. The summed E-state index contributed by atoms with van der Waals surface area (Å²) >= 11 is 0. The van der Waals surface area contributed by atoms with E-state index in [-0.39, 0.29) is 24.6 Å². The average Bonchev–Trinajstić information content (AvgIpc) is 2.72. The first-order valence-corrected chi connectivity index (χ1v) is 8.77. The molecule has 0 aliphatic heterocycles. The van der Waals surface area contributed by atoms with E-state index in [1.807, 2.05) is 30.3 Å². The van der Waals surface area contributed by atoms with Gasteiger partial charge in [0.05, 0.1) is 5.56 Å². The molecule has 0 saturated carbocycles. The SMILES string of the molecule is O=C(NCCNC(=O)c1ccccc1F)c1ccc(Oc2ccccc2)cc1. The van der Waals surface area contributed by atoms with Crippen LogP contribution in [-0.2, 0) is 0 Å². The molecular formula is C22H19FN2O3. The molecular weight excluding hydrogens is 359 g/mol. The monoisotopic (exact) mass is 378 g/mol. The molecule has 6 heteroatoms. The Labute approximate surface area is 162 Å². The summed E-state index contributed by atoms with van der Waals surface area (Å²) < 4.78 is 19.2. The summed E-state index contributed by atoms with van der Waals surface area (Å²) in [7, 11) is 0. The fourth-order valence-electron chi connectivity index (χ4n) is 2.49. The number of hydrogen-bond donors (Lipinski definition) is 2. The van der Waals surface area contributed by atoms with Crippen molar-refractivity contribution in [3.63, 3.8) is 0 Å². The Hall–Kier alpha value is -3.67. The summed E-state index contributed by atoms with van der Waals surface area (Å²) in [5, 5.41) is 5.27. The Morgan fingerprint density at radius 3 is 1.96 bits per heavy atom. The highest BCUT2D eigenvalue weighted by Gasteiger charge is 2.10. The van der Waals surface area contributed by atoms with Crippen LogP contribution >= 0.6 is 0 Å². The highest BCUT2D eigenvalue weighted by molar-refractivity contribution is 5.95. The van der Waals surface area contributed by atoms with E-state index in [1.54, 1.807) is 30.3 Å². The van der Waals surface area contributed by atoms with E-state index >= 15 is 0 Å². The van der Waals surface area contributed by atoms with Crippen molar-refractivity contribution < 1.29 is 18.7 Å². The van der Waals surface area contributed by atoms with Crippen LogP contribution in [0.1, 0.15) is 20.7 Å². The molecule has 0 atom stereocenters. The third-order valence-electron chi connectivity index (χ3n) is 3.91. The summed E-state index contributed by atoms with van der Waals surface area (Å²) in [5.74, 6) is -0.0341. The molecule has 2 N–H and O–H groups in total. The van der Waals surface area contributed by atoms with Crippen molar-refractivity contribution in [3.05, 3.63) is 95.8 Å². The van der Waals surface area contributed by atoms with Crippen molar-refractivity contribution in [2.75, 3.05) is 13.1 Å². The smallest absolute Gasteiger partial charge is 0.254 e. The first-order chi connectivity index (χ1) is 13.6. The maximum absolute atomic E-state index is 13.5. The van der Waals surface area contributed by atoms with Gasteiger partial charge >= 0.3 is 0 Å². The van der Waals surface area contributed by atoms with Gasteiger partial charge in [-0.2, -0.15) is 0 Å². The van der Waals surface area contributed by atoms with E-state index in [1.165, 1.54) is 18.2 Å². The Morgan fingerprint density at radius 2 is 1.29 bits per heavy atom. The Kier molecular flexibility index (Phi) is 6.36. The largest absolute Gasteiger partial charge is 0.457 e. The zero-order chi connectivity index (χ0) is 19.8. The molecule has 5 nitrogen and oxygen atoms in total. The van der Waals surface area contributed by atoms with Gasteiger partial charge in [-0.3, -0.25) is 9.59 Å². The van der Waals surface area contributed by atoms with Gasteiger partial charge in [0.2, 0.25) is 0 Å². The molecule has 0 aromatic heterocycles. The van der Waals surface area contributed by atoms with E-state index in [9.17, 15) is 14.0 Å². The minimum atomic E-state index is -0.582. The van der Waals surface area contributed by atoms with Gasteiger partial charge in [0.25, 0.3) is 11.8 Å². The van der Waals surface area contributed by atoms with Gasteiger partial charge < -0.3 is 15.4 Å². The molecule has 3 aromatic carbocycles. The van der Waals surface area contributed by atoms with Crippen LogP contribution in [0.2, 0.25) is 0 Å². The molecule has 0 aliphatic carbocycles. The van der Waals surface area contributed by atoms with Crippen molar-refractivity contribution >= 4 is 11.8 Å². The Balaban J connectivity index is 1.45. The molecule has 0 spiro atoms. The highest BCUT2D eigenvalue weighted by Crippen LogP contribution is 2.21. The van der Waals surface area contributed by atoms with E-state index in [0.29, 0.717) is 17.1 Å². The summed E-state index contributed by atoms with van der Waals surface area (Å²) in [4.78, 5) is 24.0. The fraction of sp³-hybridized carbons (Fsp3) is 0.0909. The maximum Gasteiger partial charge on any atom is 0.254 e. The van der Waals surface area contributed by atoms with Crippen LogP contribution in [-0.4, -0.2) is 24.9 Å². The van der Waals surface area contributed by atoms with Crippen molar-refractivity contribution in [2.24, 2.45) is 0 Å². The lowest BCUT2D eigenvalue weighted by Crippen LogP contribution is -2.35. The van der Waals surface area contributed by atoms with Gasteiger partial charge in [0.15, 0.2) is 0 Å². The lowest BCUT2D eigenvalue weighted by Gasteiger charge is -2.09. The highest BCUT2D eigenvalue weighted by atomic mass is 19.1. The second kappa shape index (κ2) is 9.32. The standard InChI is InChI=1S/C22H19FN2O3/c23-20-9-5-4-8-19(20)22(27)25-15-14-24-21(26)16-10-12-18(13-11-16)28-17-6-2-1-3-7-17/h1-13H,14-15H2,(H,24,26)(H,25,27). The van der Waals surface area contributed by atoms with Gasteiger partial charge in [-0.05, 0) is 48.5 Å². The van der Waals surface area contributed by atoms with Crippen LogP contribution in [0.15, 0.2) is 78.9 Å². The van der Waals surface area contributed by atoms with Crippen molar-refractivity contribution in [1.82, 2.24) is 10.6 Å². The summed E-state index contributed by atoms with van der Waals surface area (Å²) in [6.07, 6.45) is 0. The fourth-order valence-corrected chi connectivity index (χ4v) is 2.49. The number of rotatable bonds is 7. The number of para-hydroxylation sites is 1. The van der Waals surface area contributed by atoms with Crippen LogP contribution < -0.4 is 15.4 Å². The van der Waals surface area contributed by atoms with E-state index in [0.717, 1.165) is 0 Å². The Morgan fingerprint density at radius 1 is 0.714 bits per heavy atom. The normalized spacial score (nSPS) is 10.2. The average molecular weight is 378 g/mol. The first kappa shape index (κ1) is 19.1. The minimum absolute atomic E-state index is 0.0252. The van der Waals surface area contributed by atoms with Crippen molar-refractivity contribution in [3.8, 4) is 11.5 Å². The molecule has 0 unspecified atom stereocenters. The number of halogens is 1. The Bertz CT molecular complexity index is 944. The van der Waals surface area contributed by atoms with Crippen LogP contribution in [0.25, 0.3) is 0 Å². The molecule has 28 heavy (non-hydrogen) atoms. The molecule has 0 fully saturated rings. The second-order valence-electron chi connectivity index (χ2n) is 5.93. The van der Waals surface area contributed by atoms with Crippen LogP contribution in [0, 0.1) is 5.82 Å². The van der Waals surface area contributed by atoms with Gasteiger partial charge in [-0.1, -0.05) is 30.3 Å². The predicted octanol–water partition coefficient (Wildman–Crippen LogP) is 3.78. The topological polar surface area (TPSA) is 67.4 Å². The van der Waals surface area contributed by atoms with Gasteiger partial charge in [0.1, 0.15) is 17.3 Å². The zero-order valence-corrected chi connectivity index (χ0v) is 15.0. The number of carbonyl (C=O) groups is 2. The third-order valence-corrected chi connectivity index (χ3v) is 3.91. The number of nitrogens with one attached hydrogen (secondary N) is 2. The molecule has 0 bridgehead atoms. The molecule has 3 aromatic rings. The van der Waals surface area contributed by atoms with Crippen molar-refractivity contribution in [2.45, 2.75) is 0 Å². The van der Waals surface area contributed by atoms with Gasteiger partial charge in [0, 0.05) is 18.7 Å². The van der Waals surface area contributed by atoms with Crippen LogP contribution in [0.5, 0.6) is 11.5 Å². The molecule has 2 amide bonds. The maximum atomic E-state index is 13.5. The number of hydrogen-bond acceptors (Lipinski definition) is 3. The summed E-state index contributed by atoms with van der Waals surface area (Å²) in [6, 6.07) is 21.8. The number of amides is 2. The number of ether oxygens (including phenoxy) is 1. The summed E-state index contributed by atoms with van der Waals surface area (Å²) in [6.45, 7) is 0.412. The van der Waals surface area contributed by atoms with E-state index in [4.69, 9.17) is 4.74 Å². The molecule has 3 rings (SSSR count). The summed E-state index contributed by atoms with van der Waals surface area (Å²) in [5.41, 5.74) is 0.448. The van der Waals surface area contributed by atoms with Gasteiger partial charge in [-0.15, -0.1) is 0 Å². The van der Waals surface area contributed by atoms with Crippen molar-refractivity contribution in [1.29, 1.82) is 0 Å². The van der Waals surface area contributed by atoms with Gasteiger partial charge in [-0.25, -0.2) is 4.39 Å². The lowest BCUT2D eigenvalue weighted by atomic mass is 10.2. The van der Waals surface area contributed by atoms with Crippen LogP contribution in [0.3, 0.4) is 0 Å². The second-order valence-corrected chi connectivity index (χ2v) is 5.93. The molecule has 0 aliphatic rings. The minimum Gasteiger partial charge on any atom is -0.457 e. The predicted molar refractivity (Wildman–Crippen MR) is 104 cm³/mol. The first-order valence-electron chi connectivity index (χ1n) is 8.77. The molecule has 142 valence electrons. The molecule has 0 radical (unpaired) electrons. The molecule has 0 saturated heterocycles.